The highest BCUT2D eigenvalue weighted by atomic mass is 16.2. The molecule has 0 unspecified atom stereocenters. The Morgan fingerprint density at radius 2 is 1.64 bits per heavy atom. The second kappa shape index (κ2) is 6.53. The van der Waals surface area contributed by atoms with Gasteiger partial charge in [-0.2, -0.15) is 0 Å². The zero-order chi connectivity index (χ0) is 19.3. The number of nitrogens with one attached hydrogen (secondary N) is 1. The van der Waals surface area contributed by atoms with Gasteiger partial charge in [-0.05, 0) is 25.3 Å². The van der Waals surface area contributed by atoms with Crippen LogP contribution in [0.4, 0.5) is 11.5 Å². The van der Waals surface area contributed by atoms with E-state index >= 15 is 0 Å². The smallest absolute Gasteiger partial charge is 0.256 e. The van der Waals surface area contributed by atoms with Crippen molar-refractivity contribution in [3.05, 3.63) is 59.7 Å². The summed E-state index contributed by atoms with van der Waals surface area (Å²) in [5, 5.41) is 4.18. The van der Waals surface area contributed by atoms with E-state index in [1.54, 1.807) is 0 Å². The molecule has 0 saturated carbocycles. The summed E-state index contributed by atoms with van der Waals surface area (Å²) in [6.45, 7) is 4.06. The van der Waals surface area contributed by atoms with E-state index in [2.05, 4.69) is 64.1 Å². The molecule has 0 spiro atoms. The van der Waals surface area contributed by atoms with E-state index in [-0.39, 0.29) is 5.91 Å². The second-order valence-corrected chi connectivity index (χ2v) is 7.66. The number of aryl methyl sites for hydroxylation is 1. The number of carbonyl (C=O) groups excluding carboxylic acids is 1. The summed E-state index contributed by atoms with van der Waals surface area (Å²) in [7, 11) is 4.29. The van der Waals surface area contributed by atoms with Crippen molar-refractivity contribution in [2.75, 3.05) is 43.4 Å². The summed E-state index contributed by atoms with van der Waals surface area (Å²) < 4.78 is 2.27. The van der Waals surface area contributed by atoms with Gasteiger partial charge in [0, 0.05) is 66.5 Å². The highest BCUT2D eigenvalue weighted by Gasteiger charge is 2.27. The molecule has 28 heavy (non-hydrogen) atoms. The summed E-state index contributed by atoms with van der Waals surface area (Å²) in [6, 6.07) is 16.4. The first-order valence-corrected chi connectivity index (χ1v) is 9.77. The largest absolute Gasteiger partial charge is 0.355 e. The van der Waals surface area contributed by atoms with E-state index in [9.17, 15) is 4.79 Å². The van der Waals surface area contributed by atoms with Crippen molar-refractivity contribution >= 4 is 40.0 Å². The number of carbonyl (C=O) groups is 1. The standard InChI is InChI=1S/C23H24N4O/c1-25-11-13-27(14-12-25)23-19(17-8-4-6-10-21(17)26(23)2)15-18-16-7-3-5-9-20(16)24-22(18)28/h3-10,15H,11-14H2,1-2H3,(H,24,28). The van der Waals surface area contributed by atoms with Crippen molar-refractivity contribution < 1.29 is 4.79 Å². The zero-order valence-corrected chi connectivity index (χ0v) is 16.3. The van der Waals surface area contributed by atoms with E-state index in [0.717, 1.165) is 48.6 Å². The Kier molecular flexibility index (Phi) is 3.98. The third-order valence-corrected chi connectivity index (χ3v) is 5.92. The minimum atomic E-state index is -0.0292. The Bertz CT molecular complexity index is 1100. The molecule has 1 aromatic heterocycles. The number of hydrogen-bond acceptors (Lipinski definition) is 3. The average molecular weight is 372 g/mol. The van der Waals surface area contributed by atoms with Crippen LogP contribution in [0.3, 0.4) is 0 Å². The normalized spacial score (nSPS) is 18.7. The molecule has 5 rings (SSSR count). The fourth-order valence-electron chi connectivity index (χ4n) is 4.38. The van der Waals surface area contributed by atoms with Crippen LogP contribution in [0, 0.1) is 0 Å². The molecule has 0 radical (unpaired) electrons. The lowest BCUT2D eigenvalue weighted by atomic mass is 10.0. The number of benzene rings is 2. The Labute approximate surface area is 164 Å². The first-order valence-electron chi connectivity index (χ1n) is 9.77. The number of anilines is 2. The summed E-state index contributed by atoms with van der Waals surface area (Å²) in [4.78, 5) is 17.5. The number of hydrogen-bond donors (Lipinski definition) is 1. The van der Waals surface area contributed by atoms with E-state index in [1.807, 2.05) is 24.3 Å². The molecular weight excluding hydrogens is 348 g/mol. The Morgan fingerprint density at radius 3 is 2.46 bits per heavy atom. The van der Waals surface area contributed by atoms with E-state index in [4.69, 9.17) is 0 Å². The SMILES string of the molecule is CN1CCN(c2c(C=C3C(=O)Nc4ccccc43)c3ccccc3n2C)CC1. The molecule has 2 aromatic carbocycles. The number of nitrogens with zero attached hydrogens (tertiary/aromatic N) is 3. The number of rotatable bonds is 2. The number of para-hydroxylation sites is 2. The lowest BCUT2D eigenvalue weighted by molar-refractivity contribution is -0.110. The number of aromatic nitrogens is 1. The van der Waals surface area contributed by atoms with Gasteiger partial charge in [0.05, 0.1) is 0 Å². The van der Waals surface area contributed by atoms with Crippen molar-refractivity contribution in [1.29, 1.82) is 0 Å². The molecule has 2 aliphatic rings. The predicted octanol–water partition coefficient (Wildman–Crippen LogP) is 3.42. The van der Waals surface area contributed by atoms with Gasteiger partial charge in [-0.3, -0.25) is 4.79 Å². The van der Waals surface area contributed by atoms with Crippen LogP contribution in [-0.4, -0.2) is 48.6 Å². The van der Waals surface area contributed by atoms with Gasteiger partial charge in [0.1, 0.15) is 5.82 Å². The third kappa shape index (κ3) is 2.62. The monoisotopic (exact) mass is 372 g/mol. The molecule has 3 heterocycles. The zero-order valence-electron chi connectivity index (χ0n) is 16.3. The highest BCUT2D eigenvalue weighted by molar-refractivity contribution is 6.35. The third-order valence-electron chi connectivity index (χ3n) is 5.92. The van der Waals surface area contributed by atoms with Gasteiger partial charge in [-0.15, -0.1) is 0 Å². The van der Waals surface area contributed by atoms with Crippen molar-refractivity contribution in [2.45, 2.75) is 0 Å². The minimum absolute atomic E-state index is 0.0292. The molecule has 1 fully saturated rings. The molecule has 1 N–H and O–H groups in total. The second-order valence-electron chi connectivity index (χ2n) is 7.66. The van der Waals surface area contributed by atoms with E-state index < -0.39 is 0 Å². The van der Waals surface area contributed by atoms with Crippen LogP contribution in [0.1, 0.15) is 11.1 Å². The molecule has 0 atom stereocenters. The molecular formula is C23H24N4O. The van der Waals surface area contributed by atoms with Gasteiger partial charge in [-0.25, -0.2) is 0 Å². The molecule has 1 saturated heterocycles. The molecule has 5 nitrogen and oxygen atoms in total. The Morgan fingerprint density at radius 1 is 0.929 bits per heavy atom. The fourth-order valence-corrected chi connectivity index (χ4v) is 4.38. The predicted molar refractivity (Wildman–Crippen MR) is 116 cm³/mol. The lowest BCUT2D eigenvalue weighted by Gasteiger charge is -2.34. The lowest BCUT2D eigenvalue weighted by Crippen LogP contribution is -2.45. The van der Waals surface area contributed by atoms with Gasteiger partial charge >= 0.3 is 0 Å². The van der Waals surface area contributed by atoms with Crippen LogP contribution in [0.15, 0.2) is 48.5 Å². The summed E-state index contributed by atoms with van der Waals surface area (Å²) in [6.07, 6.45) is 2.08. The van der Waals surface area contributed by atoms with Gasteiger partial charge < -0.3 is 19.7 Å². The maximum Gasteiger partial charge on any atom is 0.256 e. The molecule has 142 valence electrons. The minimum Gasteiger partial charge on any atom is -0.355 e. The summed E-state index contributed by atoms with van der Waals surface area (Å²) in [5.74, 6) is 1.16. The summed E-state index contributed by atoms with van der Waals surface area (Å²) >= 11 is 0. The van der Waals surface area contributed by atoms with Crippen LogP contribution >= 0.6 is 0 Å². The van der Waals surface area contributed by atoms with Crippen molar-refractivity contribution in [2.24, 2.45) is 7.05 Å². The first-order chi connectivity index (χ1) is 13.6. The number of amides is 1. The van der Waals surface area contributed by atoms with Crippen LogP contribution in [0.25, 0.3) is 22.6 Å². The number of likely N-dealkylation sites (N-methyl/N-ethyl adjacent to an activating group) is 1. The highest BCUT2D eigenvalue weighted by Crippen LogP contribution is 2.38. The molecule has 5 heteroatoms. The van der Waals surface area contributed by atoms with Crippen LogP contribution in [0.2, 0.25) is 0 Å². The van der Waals surface area contributed by atoms with Crippen molar-refractivity contribution in [1.82, 2.24) is 9.47 Å². The maximum atomic E-state index is 12.7. The fraction of sp³-hybridized carbons (Fsp3) is 0.261. The van der Waals surface area contributed by atoms with Gasteiger partial charge in [-0.1, -0.05) is 36.4 Å². The quantitative estimate of drug-likeness (QED) is 0.701. The maximum absolute atomic E-state index is 12.7. The first kappa shape index (κ1) is 17.1. The molecule has 2 aliphatic heterocycles. The van der Waals surface area contributed by atoms with Crippen LogP contribution < -0.4 is 10.2 Å². The number of fused-ring (bicyclic) bond motifs is 2. The number of piperazine rings is 1. The van der Waals surface area contributed by atoms with Crippen molar-refractivity contribution in [3.63, 3.8) is 0 Å². The molecule has 0 bridgehead atoms. The summed E-state index contributed by atoms with van der Waals surface area (Å²) in [5.41, 5.74) is 4.92. The Hall–Kier alpha value is -3.05. The van der Waals surface area contributed by atoms with Crippen molar-refractivity contribution in [3.8, 4) is 0 Å². The molecule has 0 aliphatic carbocycles. The van der Waals surface area contributed by atoms with E-state index in [0.29, 0.717) is 0 Å². The van der Waals surface area contributed by atoms with Gasteiger partial charge in [0.15, 0.2) is 0 Å². The van der Waals surface area contributed by atoms with Gasteiger partial charge in [0.25, 0.3) is 5.91 Å². The molecule has 1 amide bonds. The van der Waals surface area contributed by atoms with Crippen LogP contribution in [-0.2, 0) is 11.8 Å². The Balaban J connectivity index is 1.71. The topological polar surface area (TPSA) is 40.5 Å². The van der Waals surface area contributed by atoms with Crippen LogP contribution in [0.5, 0.6) is 0 Å². The molecule has 3 aromatic rings. The average Bonchev–Trinajstić information content (AvgIpc) is 3.18. The van der Waals surface area contributed by atoms with Gasteiger partial charge in [0.2, 0.25) is 0 Å². The van der Waals surface area contributed by atoms with E-state index in [1.165, 1.54) is 16.7 Å².